The zero-order chi connectivity index (χ0) is 19.4. The second kappa shape index (κ2) is 8.63. The number of fused-ring (bicyclic) bond motifs is 1. The molecule has 0 bridgehead atoms. The number of halogens is 1. The number of carbonyl (C=O) groups excluding carboxylic acids is 2. The monoisotopic (exact) mass is 390 g/mol. The van der Waals surface area contributed by atoms with E-state index in [1.165, 1.54) is 23.5 Å². The van der Waals surface area contributed by atoms with Crippen LogP contribution in [0, 0.1) is 5.82 Å². The molecule has 1 N–H and O–H groups in total. The molecular weight excluding hydrogens is 367 g/mol. The highest BCUT2D eigenvalue weighted by Crippen LogP contribution is 2.37. The number of benzene rings is 1. The number of nitrogens with zero attached hydrogens (tertiary/aromatic N) is 1. The zero-order valence-electron chi connectivity index (χ0n) is 15.5. The van der Waals surface area contributed by atoms with Crippen molar-refractivity contribution in [3.05, 3.63) is 51.7 Å². The number of hydrogen-bond acceptors (Lipinski definition) is 5. The molecule has 1 amide bonds. The van der Waals surface area contributed by atoms with E-state index in [4.69, 9.17) is 4.74 Å². The van der Waals surface area contributed by atoms with Gasteiger partial charge in [-0.3, -0.25) is 9.69 Å². The molecule has 0 atom stereocenters. The summed E-state index contributed by atoms with van der Waals surface area (Å²) in [5.74, 6) is -0.967. The SMILES string of the molecule is CCOC(=O)c1c(NC(=O)Cc2ccc(F)cc2)sc2c1CCN(CC)C2. The highest BCUT2D eigenvalue weighted by Gasteiger charge is 2.29. The Morgan fingerprint density at radius 1 is 1.26 bits per heavy atom. The Balaban J connectivity index is 1.82. The molecule has 5 nitrogen and oxygen atoms in total. The van der Waals surface area contributed by atoms with Gasteiger partial charge in [-0.15, -0.1) is 11.3 Å². The van der Waals surface area contributed by atoms with Crippen LogP contribution in [0.15, 0.2) is 24.3 Å². The number of nitrogens with one attached hydrogen (secondary N) is 1. The number of likely N-dealkylation sites (N-methyl/N-ethyl adjacent to an activating group) is 1. The Hall–Kier alpha value is -2.25. The summed E-state index contributed by atoms with van der Waals surface area (Å²) in [6.45, 7) is 6.76. The predicted molar refractivity (Wildman–Crippen MR) is 104 cm³/mol. The maximum absolute atomic E-state index is 13.0. The number of rotatable bonds is 6. The first kappa shape index (κ1) is 19.5. The van der Waals surface area contributed by atoms with Gasteiger partial charge >= 0.3 is 5.97 Å². The van der Waals surface area contributed by atoms with Gasteiger partial charge in [-0.25, -0.2) is 9.18 Å². The van der Waals surface area contributed by atoms with Crippen LogP contribution in [0.5, 0.6) is 0 Å². The molecule has 0 radical (unpaired) electrons. The average molecular weight is 390 g/mol. The van der Waals surface area contributed by atoms with E-state index in [1.807, 2.05) is 0 Å². The van der Waals surface area contributed by atoms with Gasteiger partial charge in [-0.05, 0) is 43.1 Å². The fourth-order valence-corrected chi connectivity index (χ4v) is 4.49. The van der Waals surface area contributed by atoms with Gasteiger partial charge in [0.2, 0.25) is 5.91 Å². The van der Waals surface area contributed by atoms with Gasteiger partial charge in [-0.1, -0.05) is 19.1 Å². The second-order valence-corrected chi connectivity index (χ2v) is 7.50. The molecule has 144 valence electrons. The molecular formula is C20H23FN2O3S. The fourth-order valence-electron chi connectivity index (χ4n) is 3.19. The van der Waals surface area contributed by atoms with E-state index in [-0.39, 0.29) is 24.8 Å². The van der Waals surface area contributed by atoms with Gasteiger partial charge in [0.05, 0.1) is 18.6 Å². The summed E-state index contributed by atoms with van der Waals surface area (Å²) in [5.41, 5.74) is 2.19. The number of carbonyl (C=O) groups is 2. The lowest BCUT2D eigenvalue weighted by Gasteiger charge is -2.25. The van der Waals surface area contributed by atoms with E-state index in [1.54, 1.807) is 19.1 Å². The first-order valence-corrected chi connectivity index (χ1v) is 9.91. The second-order valence-electron chi connectivity index (χ2n) is 6.40. The van der Waals surface area contributed by atoms with Crippen molar-refractivity contribution in [3.63, 3.8) is 0 Å². The highest BCUT2D eigenvalue weighted by molar-refractivity contribution is 7.17. The lowest BCUT2D eigenvalue weighted by Crippen LogP contribution is -2.30. The van der Waals surface area contributed by atoms with Crippen LogP contribution in [0.4, 0.5) is 9.39 Å². The predicted octanol–water partition coefficient (Wildman–Crippen LogP) is 3.62. The van der Waals surface area contributed by atoms with Crippen LogP contribution in [0.1, 0.15) is 40.2 Å². The molecule has 0 fully saturated rings. The number of anilines is 1. The molecule has 0 unspecified atom stereocenters. The third-order valence-corrected chi connectivity index (χ3v) is 5.73. The van der Waals surface area contributed by atoms with Crippen molar-refractivity contribution in [1.29, 1.82) is 0 Å². The van der Waals surface area contributed by atoms with Crippen molar-refractivity contribution >= 4 is 28.2 Å². The zero-order valence-corrected chi connectivity index (χ0v) is 16.3. The van der Waals surface area contributed by atoms with Crippen LogP contribution in [0.25, 0.3) is 0 Å². The summed E-state index contributed by atoms with van der Waals surface area (Å²) in [6, 6.07) is 5.82. The van der Waals surface area contributed by atoms with E-state index < -0.39 is 5.97 Å². The number of hydrogen-bond donors (Lipinski definition) is 1. The molecule has 1 aromatic heterocycles. The van der Waals surface area contributed by atoms with Gasteiger partial charge in [0.25, 0.3) is 0 Å². The van der Waals surface area contributed by atoms with Crippen LogP contribution in [0.2, 0.25) is 0 Å². The summed E-state index contributed by atoms with van der Waals surface area (Å²) in [5, 5.41) is 3.41. The van der Waals surface area contributed by atoms with E-state index in [0.717, 1.165) is 36.5 Å². The van der Waals surface area contributed by atoms with Crippen molar-refractivity contribution in [3.8, 4) is 0 Å². The van der Waals surface area contributed by atoms with E-state index >= 15 is 0 Å². The number of esters is 1. The van der Waals surface area contributed by atoms with Crippen LogP contribution in [-0.2, 0) is 28.9 Å². The highest BCUT2D eigenvalue weighted by atomic mass is 32.1. The summed E-state index contributed by atoms with van der Waals surface area (Å²) in [7, 11) is 0. The molecule has 2 aromatic rings. The summed E-state index contributed by atoms with van der Waals surface area (Å²) >= 11 is 1.44. The molecule has 0 spiro atoms. The lowest BCUT2D eigenvalue weighted by molar-refractivity contribution is -0.115. The van der Waals surface area contributed by atoms with Crippen molar-refractivity contribution in [1.82, 2.24) is 4.90 Å². The molecule has 1 aliphatic heterocycles. The van der Waals surface area contributed by atoms with Crippen LogP contribution >= 0.6 is 11.3 Å². The first-order chi connectivity index (χ1) is 13.0. The van der Waals surface area contributed by atoms with Gasteiger partial charge in [0.15, 0.2) is 0 Å². The number of thiophene rings is 1. The Labute approximate surface area is 162 Å². The molecule has 2 heterocycles. The smallest absolute Gasteiger partial charge is 0.341 e. The van der Waals surface area contributed by atoms with Gasteiger partial charge in [-0.2, -0.15) is 0 Å². The standard InChI is InChI=1S/C20H23FN2O3S/c1-3-23-10-9-15-16(12-23)27-19(18(15)20(25)26-4-2)22-17(24)11-13-5-7-14(21)8-6-13/h5-8H,3-4,9-12H2,1-2H3,(H,22,24). The summed E-state index contributed by atoms with van der Waals surface area (Å²) < 4.78 is 18.2. The van der Waals surface area contributed by atoms with Gasteiger partial charge < -0.3 is 10.1 Å². The number of ether oxygens (including phenoxy) is 1. The quantitative estimate of drug-likeness (QED) is 0.766. The first-order valence-electron chi connectivity index (χ1n) is 9.10. The summed E-state index contributed by atoms with van der Waals surface area (Å²) in [6.07, 6.45) is 0.883. The Bertz CT molecular complexity index is 832. The topological polar surface area (TPSA) is 58.6 Å². The normalized spacial score (nSPS) is 13.9. The maximum Gasteiger partial charge on any atom is 0.341 e. The third-order valence-electron chi connectivity index (χ3n) is 4.59. The van der Waals surface area contributed by atoms with E-state index in [9.17, 15) is 14.0 Å². The average Bonchev–Trinajstić information content (AvgIpc) is 3.00. The molecule has 1 aromatic carbocycles. The molecule has 0 saturated carbocycles. The number of amides is 1. The van der Waals surface area contributed by atoms with E-state index in [2.05, 4.69) is 17.1 Å². The lowest BCUT2D eigenvalue weighted by atomic mass is 10.0. The van der Waals surface area contributed by atoms with Crippen LogP contribution in [-0.4, -0.2) is 36.5 Å². The Morgan fingerprint density at radius 2 is 2.00 bits per heavy atom. The molecule has 7 heteroatoms. The van der Waals surface area contributed by atoms with E-state index in [0.29, 0.717) is 16.1 Å². The molecule has 0 aliphatic carbocycles. The minimum absolute atomic E-state index is 0.117. The Kier molecular flexibility index (Phi) is 6.23. The van der Waals surface area contributed by atoms with Gasteiger partial charge in [0, 0.05) is 18.0 Å². The van der Waals surface area contributed by atoms with Crippen LogP contribution < -0.4 is 5.32 Å². The third kappa shape index (κ3) is 4.54. The minimum Gasteiger partial charge on any atom is -0.462 e. The Morgan fingerprint density at radius 3 is 2.67 bits per heavy atom. The van der Waals surface area contributed by atoms with Crippen LogP contribution in [0.3, 0.4) is 0 Å². The molecule has 27 heavy (non-hydrogen) atoms. The van der Waals surface area contributed by atoms with Crippen molar-refractivity contribution in [2.75, 3.05) is 25.0 Å². The van der Waals surface area contributed by atoms with Gasteiger partial charge in [0.1, 0.15) is 10.8 Å². The van der Waals surface area contributed by atoms with Crippen molar-refractivity contribution < 1.29 is 18.7 Å². The maximum atomic E-state index is 13.0. The minimum atomic E-state index is -0.392. The van der Waals surface area contributed by atoms with Crippen molar-refractivity contribution in [2.45, 2.75) is 33.2 Å². The fraction of sp³-hybridized carbons (Fsp3) is 0.400. The molecule has 1 aliphatic rings. The molecule has 3 rings (SSSR count). The largest absolute Gasteiger partial charge is 0.462 e. The summed E-state index contributed by atoms with van der Waals surface area (Å²) in [4.78, 5) is 28.4. The van der Waals surface area contributed by atoms with Crippen molar-refractivity contribution in [2.24, 2.45) is 0 Å². The molecule has 0 saturated heterocycles.